The first-order valence-corrected chi connectivity index (χ1v) is 36.6. The van der Waals surface area contributed by atoms with E-state index in [4.69, 9.17) is 15.0 Å². The van der Waals surface area contributed by atoms with Crippen LogP contribution in [0.15, 0.2) is 376 Å². The Labute approximate surface area is 616 Å². The Morgan fingerprint density at radius 2 is 0.528 bits per heavy atom. The third-order valence-corrected chi connectivity index (χ3v) is 22.0. The van der Waals surface area contributed by atoms with Crippen LogP contribution in [-0.4, -0.2) is 19.5 Å². The second-order valence-corrected chi connectivity index (χ2v) is 28.5. The van der Waals surface area contributed by atoms with Crippen molar-refractivity contribution in [1.29, 1.82) is 0 Å². The van der Waals surface area contributed by atoms with Crippen molar-refractivity contribution < 1.29 is 0 Å². The van der Waals surface area contributed by atoms with E-state index in [1.54, 1.807) is 0 Å². The minimum absolute atomic E-state index is 0.213. The molecule has 0 N–H and O–H groups in total. The highest BCUT2D eigenvalue weighted by atomic mass is 15.0. The Morgan fingerprint density at radius 3 is 1.02 bits per heavy atom. The van der Waals surface area contributed by atoms with E-state index in [9.17, 15) is 0 Å². The zero-order valence-electron chi connectivity index (χ0n) is 58.6. The lowest BCUT2D eigenvalue weighted by atomic mass is 9.74. The number of hydrogen-bond donors (Lipinski definition) is 0. The summed E-state index contributed by atoms with van der Waals surface area (Å²) < 4.78 is 2.53. The quantitative estimate of drug-likeness (QED) is 0.115. The number of rotatable bonds is 12. The van der Waals surface area contributed by atoms with Crippen molar-refractivity contribution in [1.82, 2.24) is 19.5 Å². The molecule has 1 aliphatic carbocycles. The molecule has 0 unspecified atom stereocenters. The molecule has 496 valence electrons. The van der Waals surface area contributed by atoms with E-state index in [0.29, 0.717) is 17.5 Å². The lowest BCUT2D eigenvalue weighted by Crippen LogP contribution is -2.14. The second kappa shape index (κ2) is 25.4. The van der Waals surface area contributed by atoms with Crippen LogP contribution in [0, 0.1) is 0 Å². The molecule has 106 heavy (non-hydrogen) atoms. The molecule has 2 aromatic heterocycles. The summed E-state index contributed by atoms with van der Waals surface area (Å²) in [6.45, 7) is 4.78. The van der Waals surface area contributed by atoms with Crippen LogP contribution in [0.3, 0.4) is 0 Å². The molecule has 4 nitrogen and oxygen atoms in total. The molecule has 0 fully saturated rings. The first kappa shape index (κ1) is 62.1. The highest BCUT2D eigenvalue weighted by Gasteiger charge is 2.37. The van der Waals surface area contributed by atoms with E-state index >= 15 is 0 Å². The van der Waals surface area contributed by atoms with Gasteiger partial charge in [0.1, 0.15) is 0 Å². The Hall–Kier alpha value is -13.7. The van der Waals surface area contributed by atoms with Gasteiger partial charge >= 0.3 is 0 Å². The summed E-state index contributed by atoms with van der Waals surface area (Å²) in [6.07, 6.45) is 0. The predicted molar refractivity (Wildman–Crippen MR) is 444 cm³/mol. The highest BCUT2D eigenvalue weighted by Crippen LogP contribution is 2.57. The number of hydrogen-bond acceptors (Lipinski definition) is 3. The minimum Gasteiger partial charge on any atom is -0.309 e. The van der Waals surface area contributed by atoms with Crippen LogP contribution in [0.2, 0.25) is 0 Å². The van der Waals surface area contributed by atoms with Gasteiger partial charge in [-0.05, 0) is 192 Å². The lowest BCUT2D eigenvalue weighted by Gasteiger charge is -2.29. The lowest BCUT2D eigenvalue weighted by molar-refractivity contribution is 0.661. The monoisotopic (exact) mass is 1350 g/mol. The fourth-order valence-electron chi connectivity index (χ4n) is 17.0. The highest BCUT2D eigenvalue weighted by molar-refractivity contribution is 6.26. The topological polar surface area (TPSA) is 43.6 Å². The fourth-order valence-corrected chi connectivity index (χ4v) is 17.0. The summed E-state index contributed by atoms with van der Waals surface area (Å²) in [5.74, 6) is 1.87. The molecule has 0 saturated heterocycles. The molecule has 0 spiro atoms. The van der Waals surface area contributed by atoms with Crippen LogP contribution in [0.4, 0.5) is 0 Å². The Bertz CT molecular complexity index is 6550. The van der Waals surface area contributed by atoms with Crippen LogP contribution in [-0.2, 0) is 5.41 Å². The van der Waals surface area contributed by atoms with Gasteiger partial charge in [-0.15, -0.1) is 0 Å². The third-order valence-electron chi connectivity index (χ3n) is 22.0. The van der Waals surface area contributed by atoms with E-state index in [2.05, 4.69) is 358 Å². The molecule has 4 heteroatoms. The number of benzene rings is 17. The van der Waals surface area contributed by atoms with Gasteiger partial charge in [0.05, 0.1) is 11.0 Å². The van der Waals surface area contributed by atoms with Crippen molar-refractivity contribution in [3.63, 3.8) is 0 Å². The van der Waals surface area contributed by atoms with E-state index in [1.807, 2.05) is 36.4 Å². The molecule has 2 heterocycles. The van der Waals surface area contributed by atoms with Crippen LogP contribution in [0.25, 0.3) is 194 Å². The van der Waals surface area contributed by atoms with Gasteiger partial charge in [-0.3, -0.25) is 0 Å². The standard InChI is InChI=1S/C102H68N4/c1-102(2)89-47-26-25-46-84(89)86-63-88-87-62-76(75-54-58-83-81-44-22-21-42-79(81)80-43-23-24-45-82(80)85(83)61-75)55-59-91(87)106(92(88)64-90(86)102)78-56-52-71(53-57-78)98-96(69-34-15-6-16-35-69)94(67-30-11-4-12-31-67)93(66-28-9-3-10-29-66)95(68-32-13-5-14-33-68)97(98)70-50-48-65(49-51-70)74-40-27-41-77(60-74)101-104-99(72-36-17-7-18-37-72)103-100(105-101)73-38-19-8-20-39-73/h3-64H,1-2H3. The van der Waals surface area contributed by atoms with Crippen molar-refractivity contribution in [3.8, 4) is 140 Å². The zero-order chi connectivity index (χ0) is 70.4. The first-order chi connectivity index (χ1) is 52.3. The minimum atomic E-state index is -0.213. The van der Waals surface area contributed by atoms with Gasteiger partial charge in [0.2, 0.25) is 0 Å². The molecule has 0 amide bonds. The summed E-state index contributed by atoms with van der Waals surface area (Å²) in [5.41, 5.74) is 29.4. The molecule has 20 rings (SSSR count). The van der Waals surface area contributed by atoms with Gasteiger partial charge in [-0.25, -0.2) is 15.0 Å². The van der Waals surface area contributed by atoms with Crippen molar-refractivity contribution >= 4 is 54.1 Å². The van der Waals surface area contributed by atoms with Crippen LogP contribution < -0.4 is 0 Å². The number of aromatic nitrogens is 4. The molecule has 1 aliphatic rings. The molecule has 17 aromatic carbocycles. The van der Waals surface area contributed by atoms with Crippen molar-refractivity contribution in [2.24, 2.45) is 0 Å². The van der Waals surface area contributed by atoms with Crippen molar-refractivity contribution in [2.45, 2.75) is 19.3 Å². The maximum atomic E-state index is 5.14. The van der Waals surface area contributed by atoms with E-state index in [-0.39, 0.29) is 5.41 Å². The summed E-state index contributed by atoms with van der Waals surface area (Å²) in [4.78, 5) is 15.3. The van der Waals surface area contributed by atoms with Gasteiger partial charge < -0.3 is 4.57 Å². The molecule has 0 bridgehead atoms. The van der Waals surface area contributed by atoms with Crippen LogP contribution in [0.1, 0.15) is 25.0 Å². The summed E-state index contributed by atoms with van der Waals surface area (Å²) >= 11 is 0. The van der Waals surface area contributed by atoms with Gasteiger partial charge in [-0.2, -0.15) is 0 Å². The number of fused-ring (bicyclic) bond motifs is 12. The summed E-state index contributed by atoms with van der Waals surface area (Å²) in [5, 5.41) is 10.1. The maximum absolute atomic E-state index is 5.14. The average molecular weight is 1350 g/mol. The third kappa shape index (κ3) is 10.4. The van der Waals surface area contributed by atoms with Crippen molar-refractivity contribution in [3.05, 3.63) is 387 Å². The Morgan fingerprint density at radius 1 is 0.198 bits per heavy atom. The van der Waals surface area contributed by atoms with E-state index in [1.165, 1.54) is 93.1 Å². The molecule has 0 atom stereocenters. The normalized spacial score (nSPS) is 12.3. The number of nitrogens with zero attached hydrogens (tertiary/aromatic N) is 4. The predicted octanol–water partition coefficient (Wildman–Crippen LogP) is 27.1. The fraction of sp³-hybridized carbons (Fsp3) is 0.0294. The van der Waals surface area contributed by atoms with Gasteiger partial charge in [0, 0.05) is 38.6 Å². The summed E-state index contributed by atoms with van der Waals surface area (Å²) in [6, 6.07) is 138. The van der Waals surface area contributed by atoms with Crippen LogP contribution >= 0.6 is 0 Å². The van der Waals surface area contributed by atoms with E-state index in [0.717, 1.165) is 94.7 Å². The molecule has 0 aliphatic heterocycles. The summed E-state index contributed by atoms with van der Waals surface area (Å²) in [7, 11) is 0. The molecule has 0 radical (unpaired) electrons. The average Bonchev–Trinajstić information content (AvgIpc) is 1.43. The van der Waals surface area contributed by atoms with Crippen LogP contribution in [0.5, 0.6) is 0 Å². The van der Waals surface area contributed by atoms with E-state index < -0.39 is 0 Å². The Kier molecular flexibility index (Phi) is 14.9. The molecular weight excluding hydrogens is 1280 g/mol. The first-order valence-electron chi connectivity index (χ1n) is 36.6. The molecule has 19 aromatic rings. The largest absolute Gasteiger partial charge is 0.309 e. The maximum Gasteiger partial charge on any atom is 0.164 e. The SMILES string of the molecule is CC1(C)c2ccccc2-c2cc3c4cc(-c5ccc6c7ccccc7c7ccccc7c6c5)ccc4n(-c4ccc(-c5c(-c6ccccc6)c(-c6ccccc6)c(-c6ccccc6)c(-c6ccccc6)c5-c5ccc(-c6cccc(-c7nc(-c8ccccc8)nc(-c8ccccc8)n7)c6)cc5)cc4)c3cc21. The molecular formula is C102H68N4. The van der Waals surface area contributed by atoms with Gasteiger partial charge in [-0.1, -0.05) is 341 Å². The van der Waals surface area contributed by atoms with Gasteiger partial charge in [0.25, 0.3) is 0 Å². The zero-order valence-corrected chi connectivity index (χ0v) is 58.6. The van der Waals surface area contributed by atoms with Gasteiger partial charge in [0.15, 0.2) is 17.5 Å². The smallest absolute Gasteiger partial charge is 0.164 e. The van der Waals surface area contributed by atoms with Crippen molar-refractivity contribution in [2.75, 3.05) is 0 Å². The Balaban J connectivity index is 0.801. The second-order valence-electron chi connectivity index (χ2n) is 28.5. The molecule has 0 saturated carbocycles.